The first-order chi connectivity index (χ1) is 9.77. The second-order valence-corrected chi connectivity index (χ2v) is 8.37. The Morgan fingerprint density at radius 2 is 2.10 bits per heavy atom. The molecular weight excluding hydrogens is 334 g/mol. The Kier molecular flexibility index (Phi) is 7.08. The van der Waals surface area contributed by atoms with E-state index in [4.69, 9.17) is 17.3 Å². The average Bonchev–Trinajstić information content (AvgIpc) is 2.89. The molecule has 0 aliphatic heterocycles. The highest BCUT2D eigenvalue weighted by Gasteiger charge is 2.19. The zero-order valence-electron chi connectivity index (χ0n) is 11.9. The summed E-state index contributed by atoms with van der Waals surface area (Å²) in [6.45, 7) is 4.13. The van der Waals surface area contributed by atoms with E-state index in [1.807, 2.05) is 13.8 Å². The molecule has 0 aliphatic carbocycles. The van der Waals surface area contributed by atoms with E-state index in [0.717, 1.165) is 17.8 Å². The summed E-state index contributed by atoms with van der Waals surface area (Å²) in [7, 11) is -3.58. The molecule has 6 nitrogen and oxygen atoms in total. The minimum absolute atomic E-state index is 0.0787. The summed E-state index contributed by atoms with van der Waals surface area (Å²) in [4.78, 5) is 11.7. The Labute approximate surface area is 134 Å². The maximum absolute atomic E-state index is 11.9. The SMILES string of the molecule is CCC(C)C(N)C(=O)NCCNS(=O)(=O)c1ccc(Cl)s1. The molecule has 0 aliphatic rings. The van der Waals surface area contributed by atoms with Crippen LogP contribution in [0.2, 0.25) is 4.34 Å². The maximum Gasteiger partial charge on any atom is 0.250 e. The largest absolute Gasteiger partial charge is 0.353 e. The molecule has 2 unspecified atom stereocenters. The molecule has 0 aromatic carbocycles. The van der Waals surface area contributed by atoms with Gasteiger partial charge in [-0.15, -0.1) is 11.3 Å². The highest BCUT2D eigenvalue weighted by atomic mass is 35.5. The van der Waals surface area contributed by atoms with Crippen LogP contribution in [0, 0.1) is 5.92 Å². The average molecular weight is 354 g/mol. The Balaban J connectivity index is 2.39. The highest BCUT2D eigenvalue weighted by molar-refractivity contribution is 7.91. The van der Waals surface area contributed by atoms with Crippen LogP contribution in [0.15, 0.2) is 16.3 Å². The van der Waals surface area contributed by atoms with E-state index in [0.29, 0.717) is 4.34 Å². The van der Waals surface area contributed by atoms with Gasteiger partial charge in [-0.05, 0) is 18.1 Å². The predicted molar refractivity (Wildman–Crippen MR) is 85.0 cm³/mol. The smallest absolute Gasteiger partial charge is 0.250 e. The number of thiophene rings is 1. The zero-order chi connectivity index (χ0) is 16.0. The number of rotatable bonds is 8. The van der Waals surface area contributed by atoms with Gasteiger partial charge in [-0.1, -0.05) is 31.9 Å². The fourth-order valence-electron chi connectivity index (χ4n) is 1.51. The van der Waals surface area contributed by atoms with Crippen molar-refractivity contribution < 1.29 is 13.2 Å². The van der Waals surface area contributed by atoms with E-state index < -0.39 is 16.1 Å². The van der Waals surface area contributed by atoms with Crippen LogP contribution in [0.4, 0.5) is 0 Å². The van der Waals surface area contributed by atoms with Crippen molar-refractivity contribution in [2.24, 2.45) is 11.7 Å². The van der Waals surface area contributed by atoms with Gasteiger partial charge in [-0.25, -0.2) is 13.1 Å². The molecule has 0 radical (unpaired) electrons. The Hall–Kier alpha value is -0.670. The van der Waals surface area contributed by atoms with Crippen molar-refractivity contribution >= 4 is 38.9 Å². The molecule has 21 heavy (non-hydrogen) atoms. The van der Waals surface area contributed by atoms with Gasteiger partial charge in [0.1, 0.15) is 4.21 Å². The van der Waals surface area contributed by atoms with E-state index in [-0.39, 0.29) is 29.1 Å². The van der Waals surface area contributed by atoms with Gasteiger partial charge in [-0.2, -0.15) is 0 Å². The molecular formula is C12H20ClN3O3S2. The second kappa shape index (κ2) is 8.09. The molecule has 2 atom stereocenters. The fourth-order valence-corrected chi connectivity index (χ4v) is 4.07. The molecule has 0 fully saturated rings. The molecule has 1 amide bonds. The lowest BCUT2D eigenvalue weighted by atomic mass is 9.99. The van der Waals surface area contributed by atoms with Crippen molar-refractivity contribution in [3.63, 3.8) is 0 Å². The molecule has 1 aromatic rings. The van der Waals surface area contributed by atoms with Gasteiger partial charge in [0.15, 0.2) is 0 Å². The van der Waals surface area contributed by atoms with Crippen LogP contribution in [-0.2, 0) is 14.8 Å². The van der Waals surface area contributed by atoms with Crippen LogP contribution >= 0.6 is 22.9 Å². The van der Waals surface area contributed by atoms with Gasteiger partial charge in [0.05, 0.1) is 10.4 Å². The molecule has 1 heterocycles. The number of carbonyl (C=O) groups excluding carboxylic acids is 1. The summed E-state index contributed by atoms with van der Waals surface area (Å²) in [5.41, 5.74) is 5.77. The third kappa shape index (κ3) is 5.55. The van der Waals surface area contributed by atoms with E-state index >= 15 is 0 Å². The second-order valence-electron chi connectivity index (χ2n) is 4.66. The first-order valence-electron chi connectivity index (χ1n) is 6.56. The van der Waals surface area contributed by atoms with E-state index in [1.54, 1.807) is 0 Å². The lowest BCUT2D eigenvalue weighted by Crippen LogP contribution is -2.46. The topological polar surface area (TPSA) is 101 Å². The third-order valence-corrected chi connectivity index (χ3v) is 6.27. The number of hydrogen-bond donors (Lipinski definition) is 3. The van der Waals surface area contributed by atoms with Gasteiger partial charge < -0.3 is 11.1 Å². The number of hydrogen-bond acceptors (Lipinski definition) is 5. The minimum Gasteiger partial charge on any atom is -0.353 e. The Morgan fingerprint density at radius 1 is 1.43 bits per heavy atom. The first-order valence-corrected chi connectivity index (χ1v) is 9.24. The molecule has 0 saturated heterocycles. The summed E-state index contributed by atoms with van der Waals surface area (Å²) in [5.74, 6) is -0.197. The van der Waals surface area contributed by atoms with Crippen molar-refractivity contribution in [2.75, 3.05) is 13.1 Å². The molecule has 0 spiro atoms. The van der Waals surface area contributed by atoms with Crippen LogP contribution in [0.1, 0.15) is 20.3 Å². The van der Waals surface area contributed by atoms with Crippen molar-refractivity contribution in [3.8, 4) is 0 Å². The lowest BCUT2D eigenvalue weighted by molar-refractivity contribution is -0.123. The van der Waals surface area contributed by atoms with Crippen LogP contribution in [-0.4, -0.2) is 33.5 Å². The first kappa shape index (κ1) is 18.4. The highest BCUT2D eigenvalue weighted by Crippen LogP contribution is 2.25. The summed E-state index contributed by atoms with van der Waals surface area (Å²) in [5, 5.41) is 2.61. The van der Waals surface area contributed by atoms with Crippen LogP contribution in [0.25, 0.3) is 0 Å². The Bertz CT molecular complexity index is 574. The Morgan fingerprint density at radius 3 is 2.62 bits per heavy atom. The van der Waals surface area contributed by atoms with Crippen molar-refractivity contribution in [1.29, 1.82) is 0 Å². The number of halogens is 1. The summed E-state index contributed by atoms with van der Waals surface area (Å²) in [6.07, 6.45) is 0.806. The van der Waals surface area contributed by atoms with Gasteiger partial charge in [0.25, 0.3) is 0 Å². The minimum atomic E-state index is -3.58. The summed E-state index contributed by atoms with van der Waals surface area (Å²) < 4.78 is 26.7. The van der Waals surface area contributed by atoms with Crippen molar-refractivity contribution in [1.82, 2.24) is 10.0 Å². The molecule has 0 saturated carbocycles. The molecule has 1 rings (SSSR count). The van der Waals surface area contributed by atoms with Crippen molar-refractivity contribution in [2.45, 2.75) is 30.5 Å². The van der Waals surface area contributed by atoms with Gasteiger partial charge in [-0.3, -0.25) is 4.79 Å². The number of carbonyl (C=O) groups is 1. The summed E-state index contributed by atoms with van der Waals surface area (Å²) in [6, 6.07) is 2.38. The lowest BCUT2D eigenvalue weighted by Gasteiger charge is -2.17. The fraction of sp³-hybridized carbons (Fsp3) is 0.583. The maximum atomic E-state index is 11.9. The van der Waals surface area contributed by atoms with E-state index in [9.17, 15) is 13.2 Å². The van der Waals surface area contributed by atoms with Gasteiger partial charge >= 0.3 is 0 Å². The molecule has 1 aromatic heterocycles. The number of sulfonamides is 1. The number of amides is 1. The molecule has 4 N–H and O–H groups in total. The number of nitrogens with two attached hydrogens (primary N) is 1. The van der Waals surface area contributed by atoms with Gasteiger partial charge in [0.2, 0.25) is 15.9 Å². The van der Waals surface area contributed by atoms with Crippen LogP contribution in [0.3, 0.4) is 0 Å². The monoisotopic (exact) mass is 353 g/mol. The molecule has 0 bridgehead atoms. The van der Waals surface area contributed by atoms with Crippen LogP contribution < -0.4 is 15.8 Å². The van der Waals surface area contributed by atoms with Crippen LogP contribution in [0.5, 0.6) is 0 Å². The van der Waals surface area contributed by atoms with Crippen molar-refractivity contribution in [3.05, 3.63) is 16.5 Å². The molecule has 9 heteroatoms. The van der Waals surface area contributed by atoms with Gasteiger partial charge in [0, 0.05) is 13.1 Å². The standard InChI is InChI=1S/C12H20ClN3O3S2/c1-3-8(2)11(14)12(17)15-6-7-16-21(18,19)10-5-4-9(13)20-10/h4-5,8,11,16H,3,6-7,14H2,1-2H3,(H,15,17). The predicted octanol–water partition coefficient (Wildman–Crippen LogP) is 1.17. The normalized spacial score (nSPS) is 14.7. The summed E-state index contributed by atoms with van der Waals surface area (Å²) >= 11 is 6.68. The number of nitrogens with one attached hydrogen (secondary N) is 2. The van der Waals surface area contributed by atoms with E-state index in [2.05, 4.69) is 10.0 Å². The zero-order valence-corrected chi connectivity index (χ0v) is 14.3. The van der Waals surface area contributed by atoms with E-state index in [1.165, 1.54) is 12.1 Å². The third-order valence-electron chi connectivity index (χ3n) is 3.09. The molecule has 120 valence electrons. The quantitative estimate of drug-likeness (QED) is 0.610.